The fraction of sp³-hybridized carbons (Fsp3) is 0.381. The fourth-order valence-electron chi connectivity index (χ4n) is 2.89. The minimum Gasteiger partial charge on any atom is -0.387 e. The van der Waals surface area contributed by atoms with Crippen molar-refractivity contribution in [1.29, 1.82) is 0 Å². The maximum absolute atomic E-state index is 12.2. The van der Waals surface area contributed by atoms with Crippen molar-refractivity contribution in [3.8, 4) is 0 Å². The number of hydrogen-bond donors (Lipinski definition) is 3. The number of amides is 1. The van der Waals surface area contributed by atoms with Gasteiger partial charge in [-0.25, -0.2) is 0 Å². The number of para-hydroxylation sites is 1. The molecule has 2 aromatic rings. The van der Waals surface area contributed by atoms with E-state index in [0.29, 0.717) is 13.0 Å². The average molecular weight is 340 g/mol. The van der Waals surface area contributed by atoms with E-state index in [0.717, 1.165) is 28.8 Å². The van der Waals surface area contributed by atoms with Crippen LogP contribution in [0.4, 0.5) is 5.69 Å². The van der Waals surface area contributed by atoms with Gasteiger partial charge in [-0.1, -0.05) is 49.4 Å². The number of rotatable bonds is 8. The van der Waals surface area contributed by atoms with Gasteiger partial charge >= 0.3 is 0 Å². The predicted octanol–water partition coefficient (Wildman–Crippen LogP) is 3.60. The Morgan fingerprint density at radius 3 is 2.52 bits per heavy atom. The molecule has 3 N–H and O–H groups in total. The SMILES string of the molecule is CCc1ccccc1NC(=O)CC(C)NCC(O)c1ccccc1C. The van der Waals surface area contributed by atoms with Crippen LogP contribution in [0.5, 0.6) is 0 Å². The van der Waals surface area contributed by atoms with Crippen LogP contribution in [-0.2, 0) is 11.2 Å². The molecule has 2 aromatic carbocycles. The molecule has 2 rings (SSSR count). The molecule has 0 radical (unpaired) electrons. The Balaban J connectivity index is 1.82. The molecular formula is C21H28N2O2. The highest BCUT2D eigenvalue weighted by atomic mass is 16.3. The van der Waals surface area contributed by atoms with Gasteiger partial charge in [0, 0.05) is 24.7 Å². The minimum absolute atomic E-state index is 0.0209. The van der Waals surface area contributed by atoms with Crippen molar-refractivity contribution in [2.24, 2.45) is 0 Å². The topological polar surface area (TPSA) is 61.4 Å². The molecule has 0 spiro atoms. The maximum Gasteiger partial charge on any atom is 0.225 e. The van der Waals surface area contributed by atoms with E-state index < -0.39 is 6.10 Å². The molecule has 25 heavy (non-hydrogen) atoms. The van der Waals surface area contributed by atoms with Crippen LogP contribution in [0.1, 0.15) is 43.1 Å². The van der Waals surface area contributed by atoms with Crippen molar-refractivity contribution in [2.45, 2.75) is 45.8 Å². The van der Waals surface area contributed by atoms with Gasteiger partial charge < -0.3 is 15.7 Å². The predicted molar refractivity (Wildman–Crippen MR) is 103 cm³/mol. The molecule has 0 bridgehead atoms. The highest BCUT2D eigenvalue weighted by Gasteiger charge is 2.14. The number of anilines is 1. The lowest BCUT2D eigenvalue weighted by Crippen LogP contribution is -2.33. The first-order valence-electron chi connectivity index (χ1n) is 8.86. The number of nitrogens with one attached hydrogen (secondary N) is 2. The summed E-state index contributed by atoms with van der Waals surface area (Å²) in [6.45, 7) is 6.43. The molecule has 2 atom stereocenters. The summed E-state index contributed by atoms with van der Waals surface area (Å²) in [6, 6.07) is 15.6. The molecule has 0 fully saturated rings. The molecule has 0 aromatic heterocycles. The second-order valence-corrected chi connectivity index (χ2v) is 6.44. The Hall–Kier alpha value is -2.17. The number of benzene rings is 2. The summed E-state index contributed by atoms with van der Waals surface area (Å²) in [7, 11) is 0. The minimum atomic E-state index is -0.576. The van der Waals surface area contributed by atoms with Crippen LogP contribution in [0, 0.1) is 6.92 Å². The Morgan fingerprint density at radius 2 is 1.80 bits per heavy atom. The zero-order valence-corrected chi connectivity index (χ0v) is 15.3. The number of carbonyl (C=O) groups excluding carboxylic acids is 1. The third kappa shape index (κ3) is 5.69. The molecular weight excluding hydrogens is 312 g/mol. The van der Waals surface area contributed by atoms with Gasteiger partial charge in [-0.05, 0) is 43.0 Å². The third-order valence-electron chi connectivity index (χ3n) is 4.37. The van der Waals surface area contributed by atoms with Crippen molar-refractivity contribution < 1.29 is 9.90 Å². The van der Waals surface area contributed by atoms with E-state index in [4.69, 9.17) is 0 Å². The summed E-state index contributed by atoms with van der Waals surface area (Å²) in [4.78, 5) is 12.2. The Kier molecular flexibility index (Phi) is 7.16. The van der Waals surface area contributed by atoms with Crippen LogP contribution >= 0.6 is 0 Å². The van der Waals surface area contributed by atoms with Gasteiger partial charge in [0.2, 0.25) is 5.91 Å². The second-order valence-electron chi connectivity index (χ2n) is 6.44. The van der Waals surface area contributed by atoms with E-state index in [-0.39, 0.29) is 11.9 Å². The van der Waals surface area contributed by atoms with Gasteiger partial charge in [0.15, 0.2) is 0 Å². The first-order valence-corrected chi connectivity index (χ1v) is 8.86. The van der Waals surface area contributed by atoms with E-state index in [1.165, 1.54) is 0 Å². The number of aliphatic hydroxyl groups is 1. The lowest BCUT2D eigenvalue weighted by atomic mass is 10.0. The Labute approximate surface area is 150 Å². The van der Waals surface area contributed by atoms with Crippen LogP contribution in [0.2, 0.25) is 0 Å². The van der Waals surface area contributed by atoms with Gasteiger partial charge in [-0.3, -0.25) is 4.79 Å². The normalized spacial score (nSPS) is 13.3. The molecule has 1 amide bonds. The molecule has 0 saturated carbocycles. The highest BCUT2D eigenvalue weighted by molar-refractivity contribution is 5.91. The summed E-state index contributed by atoms with van der Waals surface area (Å²) >= 11 is 0. The Bertz CT molecular complexity index is 700. The summed E-state index contributed by atoms with van der Waals surface area (Å²) in [5, 5.41) is 16.5. The van der Waals surface area contributed by atoms with Crippen LogP contribution in [-0.4, -0.2) is 23.6 Å². The first-order chi connectivity index (χ1) is 12.0. The maximum atomic E-state index is 12.2. The number of carbonyl (C=O) groups is 1. The molecule has 4 nitrogen and oxygen atoms in total. The molecule has 0 aliphatic heterocycles. The van der Waals surface area contributed by atoms with Gasteiger partial charge in [0.1, 0.15) is 0 Å². The van der Waals surface area contributed by atoms with E-state index in [1.807, 2.05) is 62.4 Å². The van der Waals surface area contributed by atoms with Gasteiger partial charge in [0.05, 0.1) is 6.10 Å². The van der Waals surface area contributed by atoms with Crippen LogP contribution in [0.15, 0.2) is 48.5 Å². The quantitative estimate of drug-likeness (QED) is 0.688. The number of aliphatic hydroxyl groups excluding tert-OH is 1. The lowest BCUT2D eigenvalue weighted by Gasteiger charge is -2.19. The first kappa shape index (κ1) is 19.2. The van der Waals surface area contributed by atoms with Crippen molar-refractivity contribution in [3.05, 3.63) is 65.2 Å². The van der Waals surface area contributed by atoms with Gasteiger partial charge in [-0.15, -0.1) is 0 Å². The molecule has 4 heteroatoms. The van der Waals surface area contributed by atoms with E-state index >= 15 is 0 Å². The highest BCUT2D eigenvalue weighted by Crippen LogP contribution is 2.17. The zero-order chi connectivity index (χ0) is 18.2. The van der Waals surface area contributed by atoms with Gasteiger partial charge in [0.25, 0.3) is 0 Å². The molecule has 0 aliphatic carbocycles. The Morgan fingerprint density at radius 1 is 1.12 bits per heavy atom. The third-order valence-corrected chi connectivity index (χ3v) is 4.37. The van der Waals surface area contributed by atoms with Crippen LogP contribution in [0.25, 0.3) is 0 Å². The standard InChI is InChI=1S/C21H28N2O2/c1-4-17-10-6-8-12-19(17)23-21(25)13-16(3)22-14-20(24)18-11-7-5-9-15(18)2/h5-12,16,20,22,24H,4,13-14H2,1-3H3,(H,23,25). The van der Waals surface area contributed by atoms with Crippen molar-refractivity contribution in [3.63, 3.8) is 0 Å². The largest absolute Gasteiger partial charge is 0.387 e. The molecule has 0 saturated heterocycles. The summed E-state index contributed by atoms with van der Waals surface area (Å²) in [5.74, 6) is -0.0220. The lowest BCUT2D eigenvalue weighted by molar-refractivity contribution is -0.116. The average Bonchev–Trinajstić information content (AvgIpc) is 2.60. The van der Waals surface area contributed by atoms with Crippen molar-refractivity contribution in [1.82, 2.24) is 5.32 Å². The zero-order valence-electron chi connectivity index (χ0n) is 15.3. The van der Waals surface area contributed by atoms with Crippen molar-refractivity contribution >= 4 is 11.6 Å². The molecule has 2 unspecified atom stereocenters. The van der Waals surface area contributed by atoms with Crippen LogP contribution in [0.3, 0.4) is 0 Å². The number of aryl methyl sites for hydroxylation is 2. The monoisotopic (exact) mass is 340 g/mol. The van der Waals surface area contributed by atoms with Gasteiger partial charge in [-0.2, -0.15) is 0 Å². The summed E-state index contributed by atoms with van der Waals surface area (Å²) in [5.41, 5.74) is 4.00. The van der Waals surface area contributed by atoms with Crippen molar-refractivity contribution in [2.75, 3.05) is 11.9 Å². The second kappa shape index (κ2) is 9.35. The fourth-order valence-corrected chi connectivity index (χ4v) is 2.89. The summed E-state index contributed by atoms with van der Waals surface area (Å²) in [6.07, 6.45) is 0.665. The van der Waals surface area contributed by atoms with E-state index in [1.54, 1.807) is 0 Å². The van der Waals surface area contributed by atoms with E-state index in [2.05, 4.69) is 17.6 Å². The molecule has 0 heterocycles. The smallest absolute Gasteiger partial charge is 0.225 e. The molecule has 134 valence electrons. The molecule has 0 aliphatic rings. The van der Waals surface area contributed by atoms with Crippen LogP contribution < -0.4 is 10.6 Å². The number of hydrogen-bond acceptors (Lipinski definition) is 3. The van der Waals surface area contributed by atoms with E-state index in [9.17, 15) is 9.90 Å². The summed E-state index contributed by atoms with van der Waals surface area (Å²) < 4.78 is 0.